The number of halogens is 2. The van der Waals surface area contributed by atoms with Gasteiger partial charge in [-0.3, -0.25) is 15.0 Å². The summed E-state index contributed by atoms with van der Waals surface area (Å²) < 4.78 is 2.05. The van der Waals surface area contributed by atoms with Gasteiger partial charge >= 0.3 is 23.0 Å². The van der Waals surface area contributed by atoms with Crippen LogP contribution in [0.4, 0.5) is 5.69 Å². The van der Waals surface area contributed by atoms with Gasteiger partial charge in [0.15, 0.2) is 0 Å². The molecule has 1 aromatic heterocycles. The summed E-state index contributed by atoms with van der Waals surface area (Å²) in [5, 5.41) is 17.0. The summed E-state index contributed by atoms with van der Waals surface area (Å²) in [7, 11) is 0. The van der Waals surface area contributed by atoms with Crippen molar-refractivity contribution in [2.75, 3.05) is 5.43 Å². The van der Waals surface area contributed by atoms with Crippen molar-refractivity contribution in [3.05, 3.63) is 114 Å². The molecule has 1 aromatic carbocycles. The maximum Gasteiger partial charge on any atom is 2.00 e. The number of carboxylic acid groups (broad SMARTS) is 1. The third-order valence-electron chi connectivity index (χ3n) is 4.01. The Bertz CT molecular complexity index is 973. The van der Waals surface area contributed by atoms with E-state index in [9.17, 15) is 9.59 Å². The molecule has 2 saturated carbocycles. The average Bonchev–Trinajstić information content (AvgIpc) is 3.47. The first kappa shape index (κ1) is 26.6. The predicted molar refractivity (Wildman–Crippen MR) is 123 cm³/mol. The average molecular weight is 556 g/mol. The Morgan fingerprint density at radius 3 is 2.31 bits per heavy atom. The van der Waals surface area contributed by atoms with Gasteiger partial charge in [-0.2, -0.15) is 14.9 Å². The van der Waals surface area contributed by atoms with E-state index >= 15 is 0 Å². The van der Waals surface area contributed by atoms with E-state index in [1.807, 2.05) is 32.1 Å². The standard InChI is InChI=1S/C17H11BrClN4O3.C5H5.Fe/c18-11-4-6-12(7-5-11)23-16(24)15(19)14(9-21-23)22-20-8-10-2-1-3-13(10)17(25)26;1-2-4-5-3-1;/h1-9,22H,(H,25,26);1-5H;/q;;+2/b20-8+;;. The van der Waals surface area contributed by atoms with Crippen LogP contribution < -0.4 is 11.0 Å². The van der Waals surface area contributed by atoms with E-state index < -0.39 is 11.5 Å². The Hall–Kier alpha value is -1.67. The molecule has 0 saturated heterocycles. The Morgan fingerprint density at radius 1 is 1.09 bits per heavy atom. The number of hydrazone groups is 1. The van der Waals surface area contributed by atoms with Crippen LogP contribution in [0.5, 0.6) is 0 Å². The van der Waals surface area contributed by atoms with Crippen molar-refractivity contribution in [1.82, 2.24) is 9.78 Å². The SMILES string of the molecule is O=C(O)[C]1[CH][CH][CH][C]1/C=N/Nc1cnn(-c2ccc(Br)cc2)c(=O)c1Cl.[CH]1[CH][CH][CH][CH]1.[Fe+2]. The predicted octanol–water partition coefficient (Wildman–Crippen LogP) is 3.93. The van der Waals surface area contributed by atoms with Crippen LogP contribution in [0.15, 0.2) is 44.8 Å². The topological polar surface area (TPSA) is 96.6 Å². The zero-order valence-corrected chi connectivity index (χ0v) is 19.7. The fourth-order valence-corrected chi connectivity index (χ4v) is 2.95. The molecule has 2 fully saturated rings. The van der Waals surface area contributed by atoms with Crippen LogP contribution in [-0.4, -0.2) is 27.1 Å². The van der Waals surface area contributed by atoms with E-state index in [0.29, 0.717) is 11.6 Å². The Kier molecular flexibility index (Phi) is 10.9. The Morgan fingerprint density at radius 2 is 1.72 bits per heavy atom. The zero-order chi connectivity index (χ0) is 22.2. The molecule has 10 radical (unpaired) electrons. The van der Waals surface area contributed by atoms with E-state index in [0.717, 1.165) is 4.47 Å². The zero-order valence-electron chi connectivity index (χ0n) is 16.3. The quantitative estimate of drug-likeness (QED) is 0.331. The van der Waals surface area contributed by atoms with Crippen molar-refractivity contribution >= 4 is 45.4 Å². The second-order valence-corrected chi connectivity index (χ2v) is 7.39. The van der Waals surface area contributed by atoms with Crippen molar-refractivity contribution in [1.29, 1.82) is 0 Å². The van der Waals surface area contributed by atoms with Crippen LogP contribution in [0.2, 0.25) is 5.02 Å². The molecule has 0 bridgehead atoms. The van der Waals surface area contributed by atoms with Crippen LogP contribution >= 0.6 is 27.5 Å². The summed E-state index contributed by atoms with van der Waals surface area (Å²) in [4.78, 5) is 23.4. The number of hydrogen-bond donors (Lipinski definition) is 2. The molecule has 7 nitrogen and oxygen atoms in total. The van der Waals surface area contributed by atoms with Gasteiger partial charge in [-0.15, -0.1) is 0 Å². The molecule has 0 spiro atoms. The van der Waals surface area contributed by atoms with E-state index in [-0.39, 0.29) is 33.7 Å². The summed E-state index contributed by atoms with van der Waals surface area (Å²) in [5.74, 6) is -0.490. The van der Waals surface area contributed by atoms with Crippen LogP contribution in [0, 0.1) is 63.2 Å². The molecular formula is C22H16BrClFeN4O3+2. The van der Waals surface area contributed by atoms with Gasteiger partial charge in [-0.1, -0.05) is 27.5 Å². The van der Waals surface area contributed by atoms with Crippen molar-refractivity contribution in [3.8, 4) is 5.69 Å². The maximum absolute atomic E-state index is 12.4. The van der Waals surface area contributed by atoms with Crippen LogP contribution in [-0.2, 0) is 21.9 Å². The van der Waals surface area contributed by atoms with Gasteiger partial charge in [0.05, 0.1) is 11.9 Å². The monoisotopic (exact) mass is 554 g/mol. The molecular weight excluding hydrogens is 539 g/mol. The number of anilines is 1. The molecule has 10 heteroatoms. The second-order valence-electron chi connectivity index (χ2n) is 6.10. The van der Waals surface area contributed by atoms with E-state index in [2.05, 4.69) is 31.6 Å². The second kappa shape index (κ2) is 13.1. The van der Waals surface area contributed by atoms with Gasteiger partial charge in [0, 0.05) is 16.6 Å². The molecule has 4 rings (SSSR count). The van der Waals surface area contributed by atoms with Crippen molar-refractivity contribution in [2.24, 2.45) is 5.10 Å². The Balaban J connectivity index is 0.000000534. The molecule has 162 valence electrons. The smallest absolute Gasteiger partial charge is 0.481 e. The summed E-state index contributed by atoms with van der Waals surface area (Å²) in [6.07, 6.45) is 17.4. The van der Waals surface area contributed by atoms with Crippen LogP contribution in [0.3, 0.4) is 0 Å². The minimum absolute atomic E-state index is 0. The van der Waals surface area contributed by atoms with Gasteiger partial charge in [0.2, 0.25) is 0 Å². The van der Waals surface area contributed by atoms with Crippen molar-refractivity contribution in [2.45, 2.75) is 0 Å². The van der Waals surface area contributed by atoms with E-state index in [4.69, 9.17) is 16.7 Å². The van der Waals surface area contributed by atoms with Crippen LogP contribution in [0.25, 0.3) is 5.69 Å². The summed E-state index contributed by atoms with van der Waals surface area (Å²) >= 11 is 9.43. The molecule has 0 unspecified atom stereocenters. The Labute approximate surface area is 211 Å². The maximum atomic E-state index is 12.4. The minimum atomic E-state index is -1.05. The number of rotatable bonds is 5. The summed E-state index contributed by atoms with van der Waals surface area (Å²) in [6, 6.07) is 7.02. The van der Waals surface area contributed by atoms with Crippen molar-refractivity contribution in [3.63, 3.8) is 0 Å². The number of benzene rings is 1. The number of nitrogens with zero attached hydrogens (tertiary/aromatic N) is 3. The van der Waals surface area contributed by atoms with Gasteiger partial charge < -0.3 is 5.11 Å². The molecule has 2 N–H and O–H groups in total. The molecule has 2 aromatic rings. The van der Waals surface area contributed by atoms with Crippen LogP contribution in [0.1, 0.15) is 0 Å². The number of aromatic nitrogens is 2. The molecule has 32 heavy (non-hydrogen) atoms. The van der Waals surface area contributed by atoms with Gasteiger partial charge in [0.25, 0.3) is 5.56 Å². The number of hydrogen-bond acceptors (Lipinski definition) is 5. The van der Waals surface area contributed by atoms with E-state index in [1.54, 1.807) is 37.1 Å². The van der Waals surface area contributed by atoms with Gasteiger partial charge in [-0.25, -0.2) is 0 Å². The fourth-order valence-electron chi connectivity index (χ4n) is 2.51. The summed E-state index contributed by atoms with van der Waals surface area (Å²) in [5.41, 5.74) is 2.88. The first-order chi connectivity index (χ1) is 15.0. The third kappa shape index (κ3) is 7.17. The molecule has 0 aliphatic heterocycles. The van der Waals surface area contributed by atoms with Crippen molar-refractivity contribution < 1.29 is 27.0 Å². The molecule has 2 aliphatic carbocycles. The van der Waals surface area contributed by atoms with E-state index in [1.165, 1.54) is 23.5 Å². The van der Waals surface area contributed by atoms with Gasteiger partial charge in [-0.05, 0) is 75.6 Å². The normalized spacial score (nSPS) is 16.4. The first-order valence-corrected chi connectivity index (χ1v) is 10.1. The molecule has 0 amide bonds. The number of carbonyl (C=O) groups is 1. The minimum Gasteiger partial charge on any atom is -0.481 e. The first-order valence-electron chi connectivity index (χ1n) is 8.96. The molecule has 0 atom stereocenters. The largest absolute Gasteiger partial charge is 2.00 e. The molecule has 1 heterocycles. The number of nitrogens with one attached hydrogen (secondary N) is 1. The third-order valence-corrected chi connectivity index (χ3v) is 4.91. The number of carboxylic acids is 1. The molecule has 2 aliphatic rings. The van der Waals surface area contributed by atoms with Gasteiger partial charge in [0.1, 0.15) is 16.6 Å². The number of aliphatic carboxylic acids is 1. The fraction of sp³-hybridized carbons (Fsp3) is 0. The summed E-state index contributed by atoms with van der Waals surface area (Å²) in [6.45, 7) is 0.